The average molecular weight is 540 g/mol. The van der Waals surface area contributed by atoms with Crippen LogP contribution < -0.4 is 0 Å². The topological polar surface area (TPSA) is 54.5 Å². The lowest BCUT2D eigenvalue weighted by Crippen LogP contribution is -2.38. The highest BCUT2D eigenvalue weighted by Gasteiger charge is 2.28. The number of amides is 1. The van der Waals surface area contributed by atoms with Crippen LogP contribution in [0.5, 0.6) is 0 Å². The molecule has 0 aromatic heterocycles. The number of unbranched alkanes of at least 4 members (excludes halogenated alkanes) is 3. The minimum absolute atomic E-state index is 0.178. The van der Waals surface area contributed by atoms with Gasteiger partial charge < -0.3 is 4.90 Å². The fourth-order valence-corrected chi connectivity index (χ4v) is 5.44. The van der Waals surface area contributed by atoms with Crippen molar-refractivity contribution in [3.8, 4) is 0 Å². The molecule has 3 rings (SSSR count). The summed E-state index contributed by atoms with van der Waals surface area (Å²) in [7, 11) is 0. The second-order valence-electron chi connectivity index (χ2n) is 10.4. The van der Waals surface area contributed by atoms with Crippen molar-refractivity contribution in [2.45, 2.75) is 77.8 Å². The van der Waals surface area contributed by atoms with E-state index in [0.717, 1.165) is 44.1 Å². The summed E-state index contributed by atoms with van der Waals surface area (Å²) in [5, 5.41) is 0.327. The Balaban J connectivity index is 1.72. The Morgan fingerprint density at radius 2 is 1.87 bits per heavy atom. The van der Waals surface area contributed by atoms with Crippen molar-refractivity contribution in [2.75, 3.05) is 13.1 Å². The summed E-state index contributed by atoms with van der Waals surface area (Å²) in [6.45, 7) is 8.84. The van der Waals surface area contributed by atoms with Crippen LogP contribution in [0.2, 0.25) is 5.02 Å². The first-order chi connectivity index (χ1) is 18.2. The van der Waals surface area contributed by atoms with Crippen molar-refractivity contribution in [1.29, 1.82) is 0 Å². The molecule has 204 valence electrons. The van der Waals surface area contributed by atoms with Gasteiger partial charge in [0.25, 0.3) is 5.91 Å². The van der Waals surface area contributed by atoms with Gasteiger partial charge >= 0.3 is 0 Å². The number of halogens is 2. The minimum Gasteiger partial charge on any atom is -0.339 e. The molecule has 0 radical (unpaired) electrons. The molecule has 2 aliphatic rings. The molecule has 4 nitrogen and oxygen atoms in total. The molecule has 1 aromatic rings. The summed E-state index contributed by atoms with van der Waals surface area (Å²) in [6, 6.07) is 3.33. The number of piperidine rings is 1. The largest absolute Gasteiger partial charge is 0.339 e. The SMILES string of the molecule is C=C/C=C(/C(=O)C(=O)CCCCCC)c1cc(C(=O)N2CCC(CC3=CCC(F)C=C3)CC2)c(Cl)cc1C. The van der Waals surface area contributed by atoms with E-state index in [4.69, 9.17) is 11.6 Å². The van der Waals surface area contributed by atoms with Crippen molar-refractivity contribution in [3.63, 3.8) is 0 Å². The number of hydrogen-bond donors (Lipinski definition) is 0. The molecule has 0 saturated carbocycles. The van der Waals surface area contributed by atoms with E-state index < -0.39 is 17.7 Å². The van der Waals surface area contributed by atoms with Crippen LogP contribution in [0.4, 0.5) is 4.39 Å². The lowest BCUT2D eigenvalue weighted by molar-refractivity contribution is -0.133. The van der Waals surface area contributed by atoms with E-state index >= 15 is 0 Å². The van der Waals surface area contributed by atoms with Crippen molar-refractivity contribution < 1.29 is 18.8 Å². The number of aryl methyl sites for hydroxylation is 1. The van der Waals surface area contributed by atoms with E-state index in [1.807, 2.05) is 19.1 Å². The number of likely N-dealkylation sites (tertiary alicyclic amines) is 1. The molecule has 0 bridgehead atoms. The second kappa shape index (κ2) is 14.4. The van der Waals surface area contributed by atoms with Crippen molar-refractivity contribution in [1.82, 2.24) is 4.90 Å². The Hall–Kier alpha value is -2.79. The molecule has 38 heavy (non-hydrogen) atoms. The fourth-order valence-electron chi connectivity index (χ4n) is 5.14. The van der Waals surface area contributed by atoms with E-state index in [2.05, 4.69) is 13.5 Å². The third-order valence-electron chi connectivity index (χ3n) is 7.42. The molecule has 0 spiro atoms. The lowest BCUT2D eigenvalue weighted by Gasteiger charge is -2.33. The van der Waals surface area contributed by atoms with Crippen LogP contribution in [0.25, 0.3) is 5.57 Å². The molecule has 1 fully saturated rings. The average Bonchev–Trinajstić information content (AvgIpc) is 2.91. The van der Waals surface area contributed by atoms with Gasteiger partial charge in [-0.15, -0.1) is 0 Å². The molecular formula is C32H39ClFNO3. The van der Waals surface area contributed by atoms with Gasteiger partial charge in [-0.25, -0.2) is 4.39 Å². The summed E-state index contributed by atoms with van der Waals surface area (Å²) >= 11 is 6.52. The van der Waals surface area contributed by atoms with Gasteiger partial charge in [0.2, 0.25) is 11.6 Å². The van der Waals surface area contributed by atoms with Crippen molar-refractivity contribution in [2.24, 2.45) is 5.92 Å². The summed E-state index contributed by atoms with van der Waals surface area (Å²) < 4.78 is 13.3. The van der Waals surface area contributed by atoms with Gasteiger partial charge in [-0.1, -0.05) is 80.3 Å². The number of carbonyl (C=O) groups excluding carboxylic acids is 3. The molecule has 1 heterocycles. The van der Waals surface area contributed by atoms with Crippen LogP contribution in [0.1, 0.15) is 86.2 Å². The second-order valence-corrected chi connectivity index (χ2v) is 10.8. The number of nitrogens with zero attached hydrogens (tertiary/aromatic N) is 1. The number of alkyl halides is 1. The van der Waals surface area contributed by atoms with E-state index in [-0.39, 0.29) is 17.9 Å². The van der Waals surface area contributed by atoms with E-state index in [0.29, 0.717) is 48.0 Å². The highest BCUT2D eigenvalue weighted by atomic mass is 35.5. The van der Waals surface area contributed by atoms with E-state index in [9.17, 15) is 18.8 Å². The predicted molar refractivity (Wildman–Crippen MR) is 153 cm³/mol. The Bertz CT molecular complexity index is 1140. The molecule has 6 heteroatoms. The number of benzene rings is 1. The maximum atomic E-state index is 13.5. The highest BCUT2D eigenvalue weighted by molar-refractivity contribution is 6.54. The molecule has 0 N–H and O–H groups in total. The number of hydrogen-bond acceptors (Lipinski definition) is 3. The van der Waals surface area contributed by atoms with Gasteiger partial charge in [0, 0.05) is 31.5 Å². The first kappa shape index (κ1) is 29.8. The molecule has 1 saturated heterocycles. The van der Waals surface area contributed by atoms with Gasteiger partial charge in [-0.2, -0.15) is 0 Å². The predicted octanol–water partition coefficient (Wildman–Crippen LogP) is 7.79. The summed E-state index contributed by atoms with van der Waals surface area (Å²) in [6.07, 6.45) is 14.6. The number of rotatable bonds is 12. The van der Waals surface area contributed by atoms with Gasteiger partial charge in [0.05, 0.1) is 10.6 Å². The zero-order valence-corrected chi connectivity index (χ0v) is 23.4. The maximum Gasteiger partial charge on any atom is 0.255 e. The number of Topliss-reactive ketones (excluding diaryl/α,β-unsaturated/α-hetero) is 2. The van der Waals surface area contributed by atoms with Crippen LogP contribution in [-0.4, -0.2) is 41.6 Å². The van der Waals surface area contributed by atoms with Crippen LogP contribution in [0, 0.1) is 12.8 Å². The van der Waals surface area contributed by atoms with Gasteiger partial charge in [-0.05, 0) is 61.8 Å². The smallest absolute Gasteiger partial charge is 0.255 e. The molecular weight excluding hydrogens is 501 g/mol. The zero-order chi connectivity index (χ0) is 27.7. The van der Waals surface area contributed by atoms with Crippen molar-refractivity contribution in [3.05, 3.63) is 76.4 Å². The summed E-state index contributed by atoms with van der Waals surface area (Å²) in [5.41, 5.74) is 2.99. The standard InChI is InChI=1S/C32H39ClFNO3/c1-4-6-7-8-10-30(36)31(37)26(9-5-2)27-21-28(29(33)19-22(27)3)32(38)35-17-15-24(16-18-35)20-23-11-13-25(34)14-12-23/h5,9,11-13,19,21,24-25H,2,4,6-8,10,14-18,20H2,1,3H3/b26-9+. The normalized spacial score (nSPS) is 18.3. The Labute approximate surface area is 231 Å². The first-order valence-electron chi connectivity index (χ1n) is 13.8. The lowest BCUT2D eigenvalue weighted by atomic mass is 9.87. The summed E-state index contributed by atoms with van der Waals surface area (Å²) in [4.78, 5) is 41.1. The Morgan fingerprint density at radius 1 is 1.13 bits per heavy atom. The monoisotopic (exact) mass is 539 g/mol. The van der Waals surface area contributed by atoms with Crippen LogP contribution in [0.15, 0.2) is 54.7 Å². The third-order valence-corrected chi connectivity index (χ3v) is 7.74. The fraction of sp³-hybridized carbons (Fsp3) is 0.469. The maximum absolute atomic E-state index is 13.5. The molecule has 1 amide bonds. The Morgan fingerprint density at radius 3 is 2.50 bits per heavy atom. The number of carbonyl (C=O) groups is 3. The molecule has 1 aliphatic heterocycles. The van der Waals surface area contributed by atoms with Crippen molar-refractivity contribution >= 4 is 34.6 Å². The van der Waals surface area contributed by atoms with Crippen LogP contribution in [-0.2, 0) is 9.59 Å². The molecule has 1 aliphatic carbocycles. The highest BCUT2D eigenvalue weighted by Crippen LogP contribution is 2.31. The number of allylic oxidation sites excluding steroid dienone is 7. The van der Waals surface area contributed by atoms with E-state index in [1.54, 1.807) is 29.2 Å². The zero-order valence-electron chi connectivity index (χ0n) is 22.6. The van der Waals surface area contributed by atoms with E-state index in [1.165, 1.54) is 11.6 Å². The molecule has 1 unspecified atom stereocenters. The first-order valence-corrected chi connectivity index (χ1v) is 14.1. The minimum atomic E-state index is -0.886. The van der Waals surface area contributed by atoms with Crippen LogP contribution in [0.3, 0.4) is 0 Å². The number of ketones is 2. The van der Waals surface area contributed by atoms with Gasteiger partial charge in [0.15, 0.2) is 0 Å². The third kappa shape index (κ3) is 7.86. The van der Waals surface area contributed by atoms with Gasteiger partial charge in [0.1, 0.15) is 6.17 Å². The molecule has 1 atom stereocenters. The van der Waals surface area contributed by atoms with Crippen LogP contribution >= 0.6 is 11.6 Å². The molecule has 1 aromatic carbocycles. The van der Waals surface area contributed by atoms with Gasteiger partial charge in [-0.3, -0.25) is 14.4 Å². The Kier molecular flexibility index (Phi) is 11.3. The summed E-state index contributed by atoms with van der Waals surface area (Å²) in [5.74, 6) is -0.721. The quantitative estimate of drug-likeness (QED) is 0.118.